The van der Waals surface area contributed by atoms with E-state index in [0.29, 0.717) is 12.2 Å². The maximum atomic E-state index is 12.5. The fourth-order valence-electron chi connectivity index (χ4n) is 3.31. The van der Waals surface area contributed by atoms with Crippen molar-refractivity contribution in [3.63, 3.8) is 0 Å². The van der Waals surface area contributed by atoms with Crippen LogP contribution in [-0.2, 0) is 13.0 Å². The summed E-state index contributed by atoms with van der Waals surface area (Å²) in [5, 5.41) is 9.72. The molecule has 1 unspecified atom stereocenters. The van der Waals surface area contributed by atoms with E-state index in [1.54, 1.807) is 0 Å². The number of aromatic nitrogens is 2. The van der Waals surface area contributed by atoms with Crippen molar-refractivity contribution >= 4 is 16.7 Å². The van der Waals surface area contributed by atoms with Gasteiger partial charge in [-0.25, -0.2) is 0 Å². The van der Waals surface area contributed by atoms with Gasteiger partial charge >= 0.3 is 0 Å². The minimum absolute atomic E-state index is 0.166. The van der Waals surface area contributed by atoms with Crippen molar-refractivity contribution in [1.82, 2.24) is 15.1 Å². The molecule has 2 aromatic carbocycles. The van der Waals surface area contributed by atoms with Gasteiger partial charge in [-0.3, -0.25) is 9.48 Å². The Morgan fingerprint density at radius 3 is 2.83 bits per heavy atom. The zero-order valence-corrected chi connectivity index (χ0v) is 13.4. The number of aryl methyl sites for hydroxylation is 2. The summed E-state index contributed by atoms with van der Waals surface area (Å²) >= 11 is 0. The number of nitrogens with two attached hydrogens (primary N) is 1. The summed E-state index contributed by atoms with van der Waals surface area (Å²) < 4.78 is 1.92. The lowest BCUT2D eigenvalue weighted by atomic mass is 10.0. The first-order valence-corrected chi connectivity index (χ1v) is 8.31. The van der Waals surface area contributed by atoms with Crippen LogP contribution < -0.4 is 11.1 Å². The zero-order valence-electron chi connectivity index (χ0n) is 13.4. The second kappa shape index (κ2) is 6.09. The largest absolute Gasteiger partial charge is 0.343 e. The molecule has 3 N–H and O–H groups in total. The summed E-state index contributed by atoms with van der Waals surface area (Å²) in [6, 6.07) is 16.0. The van der Waals surface area contributed by atoms with E-state index in [2.05, 4.69) is 34.7 Å². The van der Waals surface area contributed by atoms with Crippen LogP contribution in [0.25, 0.3) is 10.8 Å². The molecule has 0 fully saturated rings. The Labute approximate surface area is 140 Å². The molecule has 1 aliphatic heterocycles. The number of hydrogen-bond donors (Lipinski definition) is 2. The molecule has 1 amide bonds. The molecule has 0 saturated heterocycles. The lowest BCUT2D eigenvalue weighted by molar-refractivity contribution is 0.0932. The molecular formula is C19H20N4O. The smallest absolute Gasteiger partial charge is 0.272 e. The van der Waals surface area contributed by atoms with Crippen LogP contribution in [0.4, 0.5) is 0 Å². The number of benzene rings is 2. The zero-order chi connectivity index (χ0) is 16.5. The highest BCUT2D eigenvalue weighted by molar-refractivity contribution is 5.93. The summed E-state index contributed by atoms with van der Waals surface area (Å²) in [5.41, 5.74) is 8.53. The summed E-state index contributed by atoms with van der Waals surface area (Å²) in [7, 11) is 0. The first kappa shape index (κ1) is 14.9. The Balaban J connectivity index is 1.56. The van der Waals surface area contributed by atoms with Gasteiger partial charge < -0.3 is 11.1 Å². The van der Waals surface area contributed by atoms with E-state index in [9.17, 15) is 4.79 Å². The minimum atomic E-state index is -0.223. The Bertz CT molecular complexity index is 878. The molecule has 2 heterocycles. The van der Waals surface area contributed by atoms with Crippen LogP contribution >= 0.6 is 0 Å². The summed E-state index contributed by atoms with van der Waals surface area (Å²) in [6.07, 6.45) is 2.10. The molecule has 0 aliphatic carbocycles. The third-order valence-corrected chi connectivity index (χ3v) is 4.62. The van der Waals surface area contributed by atoms with Gasteiger partial charge in [0.05, 0.1) is 6.04 Å². The van der Waals surface area contributed by atoms with E-state index >= 15 is 0 Å². The number of carbonyl (C=O) groups excluding carboxylic acids is 1. The fraction of sp³-hybridized carbons (Fsp3) is 0.263. The van der Waals surface area contributed by atoms with Gasteiger partial charge in [-0.1, -0.05) is 36.4 Å². The molecule has 122 valence electrons. The van der Waals surface area contributed by atoms with Crippen LogP contribution in [0.15, 0.2) is 48.5 Å². The third-order valence-electron chi connectivity index (χ3n) is 4.62. The molecule has 0 saturated carbocycles. The fourth-order valence-corrected chi connectivity index (χ4v) is 3.31. The molecular weight excluding hydrogens is 300 g/mol. The lowest BCUT2D eigenvalue weighted by Gasteiger charge is -2.17. The number of rotatable bonds is 4. The van der Waals surface area contributed by atoms with Crippen molar-refractivity contribution in [3.05, 3.63) is 65.5 Å². The second-order valence-corrected chi connectivity index (χ2v) is 6.22. The number of amides is 1. The molecule has 0 radical (unpaired) electrons. The minimum Gasteiger partial charge on any atom is -0.343 e. The van der Waals surface area contributed by atoms with Crippen molar-refractivity contribution in [2.24, 2.45) is 5.73 Å². The van der Waals surface area contributed by atoms with Gasteiger partial charge in [-0.2, -0.15) is 5.10 Å². The van der Waals surface area contributed by atoms with E-state index in [-0.39, 0.29) is 11.9 Å². The number of carbonyl (C=O) groups is 1. The van der Waals surface area contributed by atoms with Gasteiger partial charge in [0.2, 0.25) is 0 Å². The molecule has 0 bridgehead atoms. The van der Waals surface area contributed by atoms with E-state index < -0.39 is 0 Å². The van der Waals surface area contributed by atoms with Gasteiger partial charge in [-0.15, -0.1) is 0 Å². The topological polar surface area (TPSA) is 72.9 Å². The molecule has 5 nitrogen and oxygen atoms in total. The standard InChI is InChI=1S/C19H20N4O/c20-12-18(15-8-7-13-4-1-2-5-14(13)10-15)21-19(24)17-11-16-6-3-9-23(16)22-17/h1-2,4-5,7-8,10-11,18H,3,6,9,12,20H2,(H,21,24). The van der Waals surface area contributed by atoms with E-state index in [0.717, 1.165) is 36.0 Å². The highest BCUT2D eigenvalue weighted by Gasteiger charge is 2.20. The van der Waals surface area contributed by atoms with E-state index in [1.165, 1.54) is 5.39 Å². The number of hydrogen-bond acceptors (Lipinski definition) is 3. The predicted octanol–water partition coefficient (Wildman–Crippen LogP) is 2.41. The highest BCUT2D eigenvalue weighted by atomic mass is 16.2. The quantitative estimate of drug-likeness (QED) is 0.775. The Morgan fingerprint density at radius 1 is 1.21 bits per heavy atom. The van der Waals surface area contributed by atoms with Gasteiger partial charge in [0.25, 0.3) is 5.91 Å². The van der Waals surface area contributed by atoms with Crippen molar-refractivity contribution in [1.29, 1.82) is 0 Å². The van der Waals surface area contributed by atoms with Crippen molar-refractivity contribution in [2.75, 3.05) is 6.54 Å². The third kappa shape index (κ3) is 2.67. The first-order chi connectivity index (χ1) is 11.7. The SMILES string of the molecule is NCC(NC(=O)c1cc2n(n1)CCC2)c1ccc2ccccc2c1. The monoisotopic (exact) mass is 320 g/mol. The molecule has 5 heteroatoms. The number of fused-ring (bicyclic) bond motifs is 2. The van der Waals surface area contributed by atoms with Gasteiger partial charge in [0.15, 0.2) is 0 Å². The lowest BCUT2D eigenvalue weighted by Crippen LogP contribution is -2.33. The predicted molar refractivity (Wildman–Crippen MR) is 93.8 cm³/mol. The Kier molecular flexibility index (Phi) is 3.78. The van der Waals surface area contributed by atoms with Crippen molar-refractivity contribution in [3.8, 4) is 0 Å². The maximum absolute atomic E-state index is 12.5. The van der Waals surface area contributed by atoms with Crippen LogP contribution in [0.5, 0.6) is 0 Å². The maximum Gasteiger partial charge on any atom is 0.272 e. The second-order valence-electron chi connectivity index (χ2n) is 6.22. The van der Waals surface area contributed by atoms with Gasteiger partial charge in [0.1, 0.15) is 5.69 Å². The number of nitrogens with zero attached hydrogens (tertiary/aromatic N) is 2. The Hall–Kier alpha value is -2.66. The molecule has 1 aromatic heterocycles. The first-order valence-electron chi connectivity index (χ1n) is 8.31. The highest BCUT2D eigenvalue weighted by Crippen LogP contribution is 2.21. The summed E-state index contributed by atoms with van der Waals surface area (Å²) in [6.45, 7) is 1.24. The van der Waals surface area contributed by atoms with Crippen LogP contribution in [0.2, 0.25) is 0 Å². The van der Waals surface area contributed by atoms with E-state index in [4.69, 9.17) is 5.73 Å². The van der Waals surface area contributed by atoms with Crippen molar-refractivity contribution < 1.29 is 4.79 Å². The van der Waals surface area contributed by atoms with Crippen LogP contribution in [0.1, 0.15) is 34.2 Å². The molecule has 4 rings (SSSR count). The Morgan fingerprint density at radius 2 is 2.04 bits per heavy atom. The van der Waals surface area contributed by atoms with E-state index in [1.807, 2.05) is 28.9 Å². The van der Waals surface area contributed by atoms with Crippen molar-refractivity contribution in [2.45, 2.75) is 25.4 Å². The van der Waals surface area contributed by atoms with Crippen LogP contribution in [0, 0.1) is 0 Å². The summed E-state index contributed by atoms with van der Waals surface area (Å²) in [5.74, 6) is -0.166. The molecule has 3 aromatic rings. The van der Waals surface area contributed by atoms with Gasteiger partial charge in [-0.05, 0) is 41.3 Å². The average Bonchev–Trinajstić information content (AvgIpc) is 3.21. The molecule has 24 heavy (non-hydrogen) atoms. The summed E-state index contributed by atoms with van der Waals surface area (Å²) in [4.78, 5) is 12.5. The molecule has 1 atom stereocenters. The van der Waals surface area contributed by atoms with Gasteiger partial charge in [0, 0.05) is 18.8 Å². The van der Waals surface area contributed by atoms with Crippen LogP contribution in [-0.4, -0.2) is 22.2 Å². The van der Waals surface area contributed by atoms with Crippen LogP contribution in [0.3, 0.4) is 0 Å². The normalized spacial score (nSPS) is 14.5. The molecule has 1 aliphatic rings. The number of nitrogens with one attached hydrogen (secondary N) is 1. The molecule has 0 spiro atoms. The average molecular weight is 320 g/mol.